The molecule has 162 valence electrons. The number of aromatic amines is 1. The number of nitrogens with zero attached hydrogens (tertiary/aromatic N) is 5. The van der Waals surface area contributed by atoms with Crippen molar-refractivity contribution in [2.45, 2.75) is 56.6 Å². The SMILES string of the molecule is Cc1cc(Nc2cc(-c3cnn(C)c3)nc(NC34CC5CC(CC(O)(C5)C3)C4)n2)n[nH]1. The van der Waals surface area contributed by atoms with Gasteiger partial charge in [-0.3, -0.25) is 9.78 Å². The fourth-order valence-corrected chi connectivity index (χ4v) is 6.48. The standard InChI is InChI=1S/C22H28N8O/c1-13-3-19(29-28-13)25-18-5-17(16-10-23-30(2)11-16)24-20(26-18)27-21-6-14-4-15(7-21)9-22(31,8-14)12-21/h3,5,10-11,14-15,31H,4,6-9,12H2,1-2H3,(H3,24,25,26,27,28,29). The number of aromatic nitrogens is 6. The van der Waals surface area contributed by atoms with Crippen LogP contribution in [0.15, 0.2) is 24.5 Å². The Bertz CT molecular complexity index is 1120. The third kappa shape index (κ3) is 3.46. The van der Waals surface area contributed by atoms with E-state index in [9.17, 15) is 5.11 Å². The molecule has 0 saturated heterocycles. The molecule has 9 nitrogen and oxygen atoms in total. The summed E-state index contributed by atoms with van der Waals surface area (Å²) in [5.74, 6) is 3.14. The lowest BCUT2D eigenvalue weighted by atomic mass is 9.51. The highest BCUT2D eigenvalue weighted by molar-refractivity contribution is 5.65. The summed E-state index contributed by atoms with van der Waals surface area (Å²) < 4.78 is 1.77. The highest BCUT2D eigenvalue weighted by atomic mass is 16.3. The highest BCUT2D eigenvalue weighted by Gasteiger charge is 2.57. The van der Waals surface area contributed by atoms with Gasteiger partial charge in [0.2, 0.25) is 5.95 Å². The van der Waals surface area contributed by atoms with Crippen LogP contribution < -0.4 is 10.6 Å². The van der Waals surface area contributed by atoms with Crippen molar-refractivity contribution in [1.82, 2.24) is 29.9 Å². The van der Waals surface area contributed by atoms with E-state index in [1.165, 1.54) is 6.42 Å². The second kappa shape index (κ2) is 6.53. The van der Waals surface area contributed by atoms with Gasteiger partial charge < -0.3 is 15.7 Å². The van der Waals surface area contributed by atoms with Crippen LogP contribution >= 0.6 is 0 Å². The Morgan fingerprint density at radius 3 is 2.58 bits per heavy atom. The fourth-order valence-electron chi connectivity index (χ4n) is 6.48. The van der Waals surface area contributed by atoms with Crippen LogP contribution in [0.5, 0.6) is 0 Å². The second-order valence-electron chi connectivity index (χ2n) is 10.0. The molecule has 4 aliphatic rings. The van der Waals surface area contributed by atoms with E-state index >= 15 is 0 Å². The molecule has 0 spiro atoms. The van der Waals surface area contributed by atoms with Crippen molar-refractivity contribution in [3.05, 3.63) is 30.2 Å². The smallest absolute Gasteiger partial charge is 0.225 e. The third-order valence-corrected chi connectivity index (χ3v) is 7.10. The number of hydrogen-bond acceptors (Lipinski definition) is 7. The second-order valence-corrected chi connectivity index (χ2v) is 10.0. The van der Waals surface area contributed by atoms with Crippen molar-refractivity contribution in [1.29, 1.82) is 0 Å². The summed E-state index contributed by atoms with van der Waals surface area (Å²) in [7, 11) is 1.89. The maximum absolute atomic E-state index is 11.1. The number of nitrogens with one attached hydrogen (secondary N) is 3. The van der Waals surface area contributed by atoms with Gasteiger partial charge in [0, 0.05) is 42.2 Å². The zero-order chi connectivity index (χ0) is 21.2. The van der Waals surface area contributed by atoms with Crippen LogP contribution in [0.3, 0.4) is 0 Å². The molecule has 7 rings (SSSR count). The number of H-pyrrole nitrogens is 1. The minimum atomic E-state index is -0.536. The molecule has 3 aromatic rings. The summed E-state index contributed by atoms with van der Waals surface area (Å²) in [6.07, 6.45) is 9.80. The average molecular weight is 421 g/mol. The molecule has 4 fully saturated rings. The molecule has 3 heterocycles. The molecule has 4 saturated carbocycles. The van der Waals surface area contributed by atoms with E-state index in [1.807, 2.05) is 38.5 Å². The molecule has 0 aliphatic heterocycles. The maximum Gasteiger partial charge on any atom is 0.225 e. The summed E-state index contributed by atoms with van der Waals surface area (Å²) in [6.45, 7) is 1.96. The number of rotatable bonds is 5. The quantitative estimate of drug-likeness (QED) is 0.501. The number of aliphatic hydroxyl groups is 1. The normalized spacial score (nSPS) is 31.2. The third-order valence-electron chi connectivity index (χ3n) is 7.10. The molecule has 2 atom stereocenters. The van der Waals surface area contributed by atoms with Crippen molar-refractivity contribution in [2.24, 2.45) is 18.9 Å². The van der Waals surface area contributed by atoms with E-state index in [0.717, 1.165) is 49.1 Å². The fraction of sp³-hybridized carbons (Fsp3) is 0.545. The van der Waals surface area contributed by atoms with Crippen molar-refractivity contribution >= 4 is 17.6 Å². The molecule has 3 aromatic heterocycles. The Morgan fingerprint density at radius 2 is 1.94 bits per heavy atom. The first kappa shape index (κ1) is 18.8. The van der Waals surface area contributed by atoms with Crippen molar-refractivity contribution in [3.63, 3.8) is 0 Å². The van der Waals surface area contributed by atoms with E-state index in [4.69, 9.17) is 9.97 Å². The zero-order valence-electron chi connectivity index (χ0n) is 17.9. The van der Waals surface area contributed by atoms with Crippen LogP contribution in [0.4, 0.5) is 17.6 Å². The number of anilines is 3. The zero-order valence-corrected chi connectivity index (χ0v) is 17.9. The molecule has 0 radical (unpaired) electrons. The van der Waals surface area contributed by atoms with E-state index in [-0.39, 0.29) is 5.54 Å². The van der Waals surface area contributed by atoms with Crippen LogP contribution in [0.25, 0.3) is 11.3 Å². The van der Waals surface area contributed by atoms with Crippen LogP contribution in [-0.4, -0.2) is 46.2 Å². The molecule has 9 heteroatoms. The van der Waals surface area contributed by atoms with Crippen molar-refractivity contribution in [3.8, 4) is 11.3 Å². The van der Waals surface area contributed by atoms with Gasteiger partial charge in [0.25, 0.3) is 0 Å². The first-order valence-corrected chi connectivity index (χ1v) is 11.0. The average Bonchev–Trinajstić information content (AvgIpc) is 3.27. The lowest BCUT2D eigenvalue weighted by Gasteiger charge is -2.60. The molecule has 31 heavy (non-hydrogen) atoms. The molecule has 0 amide bonds. The Balaban J connectivity index is 1.36. The van der Waals surface area contributed by atoms with E-state index in [1.54, 1.807) is 4.68 Å². The number of hydrogen-bond donors (Lipinski definition) is 4. The Kier molecular flexibility index (Phi) is 3.96. The molecular formula is C22H28N8O. The highest BCUT2D eigenvalue weighted by Crippen LogP contribution is 2.58. The van der Waals surface area contributed by atoms with E-state index in [0.29, 0.717) is 29.4 Å². The summed E-state index contributed by atoms with van der Waals surface area (Å²) in [6, 6.07) is 3.85. The molecule has 4 bridgehead atoms. The largest absolute Gasteiger partial charge is 0.390 e. The summed E-state index contributed by atoms with van der Waals surface area (Å²) in [5.41, 5.74) is 2.03. The van der Waals surface area contributed by atoms with E-state index in [2.05, 4.69) is 25.9 Å². The van der Waals surface area contributed by atoms with Gasteiger partial charge in [-0.15, -0.1) is 0 Å². The van der Waals surface area contributed by atoms with Crippen LogP contribution in [0, 0.1) is 18.8 Å². The van der Waals surface area contributed by atoms with Gasteiger partial charge in [-0.05, 0) is 57.3 Å². The van der Waals surface area contributed by atoms with Gasteiger partial charge in [-0.2, -0.15) is 15.2 Å². The lowest BCUT2D eigenvalue weighted by molar-refractivity contribution is -0.127. The van der Waals surface area contributed by atoms with Crippen LogP contribution in [0.1, 0.15) is 44.2 Å². The maximum atomic E-state index is 11.1. The predicted octanol–water partition coefficient (Wildman–Crippen LogP) is 3.15. The van der Waals surface area contributed by atoms with Crippen LogP contribution in [-0.2, 0) is 7.05 Å². The Morgan fingerprint density at radius 1 is 1.13 bits per heavy atom. The number of aryl methyl sites for hydroxylation is 2. The van der Waals surface area contributed by atoms with Crippen LogP contribution in [0.2, 0.25) is 0 Å². The van der Waals surface area contributed by atoms with Gasteiger partial charge in [0.1, 0.15) is 5.82 Å². The Labute approximate surface area is 180 Å². The minimum Gasteiger partial charge on any atom is -0.390 e. The molecular weight excluding hydrogens is 392 g/mol. The first-order chi connectivity index (χ1) is 14.9. The first-order valence-electron chi connectivity index (χ1n) is 11.0. The van der Waals surface area contributed by atoms with Crippen molar-refractivity contribution in [2.75, 3.05) is 10.6 Å². The van der Waals surface area contributed by atoms with Gasteiger partial charge in [-0.1, -0.05) is 0 Å². The molecule has 0 aromatic carbocycles. The van der Waals surface area contributed by atoms with Gasteiger partial charge in [-0.25, -0.2) is 4.98 Å². The molecule has 2 unspecified atom stereocenters. The molecule has 4 aliphatic carbocycles. The van der Waals surface area contributed by atoms with Crippen molar-refractivity contribution < 1.29 is 5.11 Å². The van der Waals surface area contributed by atoms with E-state index < -0.39 is 5.60 Å². The minimum absolute atomic E-state index is 0.132. The molecule has 4 N–H and O–H groups in total. The van der Waals surface area contributed by atoms with Gasteiger partial charge >= 0.3 is 0 Å². The predicted molar refractivity (Wildman–Crippen MR) is 117 cm³/mol. The van der Waals surface area contributed by atoms with Gasteiger partial charge in [0.15, 0.2) is 5.82 Å². The summed E-state index contributed by atoms with van der Waals surface area (Å²) >= 11 is 0. The Hall–Kier alpha value is -2.94. The summed E-state index contributed by atoms with van der Waals surface area (Å²) in [4.78, 5) is 9.61. The van der Waals surface area contributed by atoms with Gasteiger partial charge in [0.05, 0.1) is 17.5 Å². The lowest BCUT2D eigenvalue weighted by Crippen LogP contribution is -2.62. The topological polar surface area (TPSA) is 117 Å². The summed E-state index contributed by atoms with van der Waals surface area (Å²) in [5, 5.41) is 29.6. The monoisotopic (exact) mass is 420 g/mol.